The molecule has 0 heterocycles. The predicted molar refractivity (Wildman–Crippen MR) is 67.9 cm³/mol. The monoisotopic (exact) mass is 288 g/mol. The molecule has 16 heavy (non-hydrogen) atoms. The van der Waals surface area contributed by atoms with Gasteiger partial charge in [-0.15, -0.1) is 0 Å². The topological polar surface area (TPSA) is 20.2 Å². The van der Waals surface area contributed by atoms with Crippen LogP contribution in [0.5, 0.6) is 0 Å². The van der Waals surface area contributed by atoms with Crippen LogP contribution in [0.4, 0.5) is 4.39 Å². The fourth-order valence-corrected chi connectivity index (χ4v) is 1.86. The minimum atomic E-state index is -0.337. The molecule has 0 saturated carbocycles. The standard InChI is InChI=1S/C13H18BrFO/c1-13(2,3)12(16)7-5-9-4-6-11(15)10(14)8-9/h4,6,8,12,16H,5,7H2,1-3H3. The highest BCUT2D eigenvalue weighted by Crippen LogP contribution is 2.24. The molecular formula is C13H18BrFO. The van der Waals surface area contributed by atoms with Crippen LogP contribution in [0.25, 0.3) is 0 Å². The molecule has 0 aliphatic heterocycles. The van der Waals surface area contributed by atoms with Gasteiger partial charge in [0.15, 0.2) is 0 Å². The van der Waals surface area contributed by atoms with Gasteiger partial charge in [0.1, 0.15) is 5.82 Å². The molecule has 1 aromatic carbocycles. The Morgan fingerprint density at radius 2 is 2.00 bits per heavy atom. The molecule has 3 heteroatoms. The maximum Gasteiger partial charge on any atom is 0.137 e. The molecule has 0 bridgehead atoms. The summed E-state index contributed by atoms with van der Waals surface area (Å²) in [6.07, 6.45) is 1.12. The highest BCUT2D eigenvalue weighted by molar-refractivity contribution is 9.10. The maximum atomic E-state index is 13.0. The minimum absolute atomic E-state index is 0.0999. The quantitative estimate of drug-likeness (QED) is 0.894. The normalized spacial score (nSPS) is 13.9. The maximum absolute atomic E-state index is 13.0. The molecule has 1 rings (SSSR count). The lowest BCUT2D eigenvalue weighted by molar-refractivity contribution is 0.0560. The van der Waals surface area contributed by atoms with Gasteiger partial charge in [0.2, 0.25) is 0 Å². The summed E-state index contributed by atoms with van der Waals surface area (Å²) in [6.45, 7) is 6.04. The van der Waals surface area contributed by atoms with E-state index in [0.29, 0.717) is 10.9 Å². The zero-order valence-corrected chi connectivity index (χ0v) is 11.5. The summed E-state index contributed by atoms with van der Waals surface area (Å²) in [4.78, 5) is 0. The first-order chi connectivity index (χ1) is 7.30. The van der Waals surface area contributed by atoms with Crippen molar-refractivity contribution < 1.29 is 9.50 Å². The summed E-state index contributed by atoms with van der Waals surface area (Å²) >= 11 is 3.16. The van der Waals surface area contributed by atoms with E-state index in [1.807, 2.05) is 20.8 Å². The Balaban J connectivity index is 2.58. The molecule has 0 saturated heterocycles. The molecule has 0 amide bonds. The average Bonchev–Trinajstić information content (AvgIpc) is 2.18. The predicted octanol–water partition coefficient (Wildman–Crippen LogP) is 3.93. The number of aryl methyl sites for hydroxylation is 1. The first-order valence-electron chi connectivity index (χ1n) is 5.42. The van der Waals surface area contributed by atoms with Gasteiger partial charge in [0.25, 0.3) is 0 Å². The molecule has 1 unspecified atom stereocenters. The Labute approximate surface area is 105 Å². The smallest absolute Gasteiger partial charge is 0.137 e. The van der Waals surface area contributed by atoms with Gasteiger partial charge in [-0.1, -0.05) is 26.8 Å². The van der Waals surface area contributed by atoms with Crippen LogP contribution < -0.4 is 0 Å². The van der Waals surface area contributed by atoms with Crippen molar-refractivity contribution in [1.82, 2.24) is 0 Å². The molecule has 1 atom stereocenters. The lowest BCUT2D eigenvalue weighted by Crippen LogP contribution is -2.26. The van der Waals surface area contributed by atoms with E-state index in [0.717, 1.165) is 12.0 Å². The SMILES string of the molecule is CC(C)(C)C(O)CCc1ccc(F)c(Br)c1. The lowest BCUT2D eigenvalue weighted by atomic mass is 9.86. The zero-order valence-electron chi connectivity index (χ0n) is 9.93. The largest absolute Gasteiger partial charge is 0.393 e. The number of aliphatic hydroxyl groups is 1. The van der Waals surface area contributed by atoms with Gasteiger partial charge >= 0.3 is 0 Å². The number of benzene rings is 1. The highest BCUT2D eigenvalue weighted by atomic mass is 79.9. The Bertz CT molecular complexity index is 357. The van der Waals surface area contributed by atoms with Crippen LogP contribution in [0.15, 0.2) is 22.7 Å². The zero-order chi connectivity index (χ0) is 12.3. The van der Waals surface area contributed by atoms with E-state index in [-0.39, 0.29) is 17.3 Å². The summed E-state index contributed by atoms with van der Waals surface area (Å²) in [7, 11) is 0. The summed E-state index contributed by atoms with van der Waals surface area (Å²) in [6, 6.07) is 4.98. The highest BCUT2D eigenvalue weighted by Gasteiger charge is 2.21. The van der Waals surface area contributed by atoms with E-state index in [9.17, 15) is 9.50 Å². The molecule has 0 spiro atoms. The summed E-state index contributed by atoms with van der Waals surface area (Å²) in [5, 5.41) is 9.89. The number of halogens is 2. The molecule has 1 N–H and O–H groups in total. The molecule has 1 nitrogen and oxygen atoms in total. The van der Waals surface area contributed by atoms with E-state index < -0.39 is 0 Å². The molecular weight excluding hydrogens is 271 g/mol. The van der Waals surface area contributed by atoms with Gasteiger partial charge in [0.05, 0.1) is 10.6 Å². The van der Waals surface area contributed by atoms with Crippen molar-refractivity contribution in [3.63, 3.8) is 0 Å². The first kappa shape index (κ1) is 13.7. The molecule has 1 aromatic rings. The molecule has 0 radical (unpaired) electrons. The van der Waals surface area contributed by atoms with Gasteiger partial charge in [-0.05, 0) is 51.9 Å². The molecule has 0 aliphatic rings. The van der Waals surface area contributed by atoms with Crippen LogP contribution in [-0.2, 0) is 6.42 Å². The summed E-state index contributed by atoms with van der Waals surface area (Å²) < 4.78 is 13.5. The molecule has 90 valence electrons. The van der Waals surface area contributed by atoms with Crippen molar-refractivity contribution in [2.24, 2.45) is 5.41 Å². The van der Waals surface area contributed by atoms with Crippen molar-refractivity contribution in [1.29, 1.82) is 0 Å². The van der Waals surface area contributed by atoms with E-state index in [1.54, 1.807) is 12.1 Å². The Morgan fingerprint density at radius 1 is 1.38 bits per heavy atom. The van der Waals surface area contributed by atoms with Crippen LogP contribution in [0.3, 0.4) is 0 Å². The average molecular weight is 289 g/mol. The molecule has 0 fully saturated rings. The molecule has 0 aromatic heterocycles. The van der Waals surface area contributed by atoms with Gasteiger partial charge < -0.3 is 5.11 Å². The van der Waals surface area contributed by atoms with Gasteiger partial charge in [-0.3, -0.25) is 0 Å². The van der Waals surface area contributed by atoms with Gasteiger partial charge in [-0.25, -0.2) is 4.39 Å². The molecule has 0 aliphatic carbocycles. The Hall–Kier alpha value is -0.410. The third kappa shape index (κ3) is 3.87. The second-order valence-electron chi connectivity index (χ2n) is 5.17. The van der Waals surface area contributed by atoms with Crippen LogP contribution in [0.2, 0.25) is 0 Å². The van der Waals surface area contributed by atoms with Crippen LogP contribution in [-0.4, -0.2) is 11.2 Å². The first-order valence-corrected chi connectivity index (χ1v) is 6.22. The minimum Gasteiger partial charge on any atom is -0.393 e. The summed E-state index contributed by atoms with van der Waals surface area (Å²) in [5.41, 5.74) is 0.939. The lowest BCUT2D eigenvalue weighted by Gasteiger charge is -2.25. The second kappa shape index (κ2) is 5.28. The number of aliphatic hydroxyl groups excluding tert-OH is 1. The fraction of sp³-hybridized carbons (Fsp3) is 0.538. The number of hydrogen-bond donors (Lipinski definition) is 1. The second-order valence-corrected chi connectivity index (χ2v) is 6.02. The third-order valence-electron chi connectivity index (χ3n) is 2.69. The Kier molecular flexibility index (Phi) is 4.51. The van der Waals surface area contributed by atoms with Crippen molar-refractivity contribution in [2.45, 2.75) is 39.7 Å². The van der Waals surface area contributed by atoms with E-state index in [1.165, 1.54) is 6.07 Å². The van der Waals surface area contributed by atoms with Crippen molar-refractivity contribution in [2.75, 3.05) is 0 Å². The van der Waals surface area contributed by atoms with E-state index >= 15 is 0 Å². The van der Waals surface area contributed by atoms with Gasteiger partial charge in [-0.2, -0.15) is 0 Å². The summed E-state index contributed by atoms with van der Waals surface area (Å²) in [5.74, 6) is -0.250. The van der Waals surface area contributed by atoms with E-state index in [4.69, 9.17) is 0 Å². The third-order valence-corrected chi connectivity index (χ3v) is 3.30. The van der Waals surface area contributed by atoms with Crippen LogP contribution in [0.1, 0.15) is 32.8 Å². The fourth-order valence-electron chi connectivity index (χ4n) is 1.43. The van der Waals surface area contributed by atoms with Gasteiger partial charge in [0, 0.05) is 0 Å². The van der Waals surface area contributed by atoms with Crippen molar-refractivity contribution >= 4 is 15.9 Å². The van der Waals surface area contributed by atoms with Crippen LogP contribution >= 0.6 is 15.9 Å². The van der Waals surface area contributed by atoms with E-state index in [2.05, 4.69) is 15.9 Å². The van der Waals surface area contributed by atoms with Crippen molar-refractivity contribution in [3.8, 4) is 0 Å². The number of hydrogen-bond acceptors (Lipinski definition) is 1. The Morgan fingerprint density at radius 3 is 2.50 bits per heavy atom. The van der Waals surface area contributed by atoms with Crippen LogP contribution in [0, 0.1) is 11.2 Å². The number of rotatable bonds is 3. The van der Waals surface area contributed by atoms with Crippen molar-refractivity contribution in [3.05, 3.63) is 34.1 Å².